The monoisotopic (exact) mass is 435 g/mol. The third-order valence-electron chi connectivity index (χ3n) is 4.83. The number of nitrogens with zero attached hydrogens (tertiary/aromatic N) is 3. The van der Waals surface area contributed by atoms with Crippen LogP contribution in [0.3, 0.4) is 0 Å². The molecule has 0 amide bonds. The highest BCUT2D eigenvalue weighted by Crippen LogP contribution is 2.33. The van der Waals surface area contributed by atoms with Gasteiger partial charge < -0.3 is 0 Å². The molecule has 3 nitrogen and oxygen atoms in total. The Hall–Kier alpha value is -3.37. The molecular formula is C24H17F3N3P. The van der Waals surface area contributed by atoms with Gasteiger partial charge in [-0.2, -0.15) is 13.2 Å². The van der Waals surface area contributed by atoms with Gasteiger partial charge in [0.05, 0.1) is 5.56 Å². The third kappa shape index (κ3) is 4.54. The Balaban J connectivity index is 1.79. The number of benzene rings is 3. The lowest BCUT2D eigenvalue weighted by Crippen LogP contribution is -2.04. The number of halogens is 3. The van der Waals surface area contributed by atoms with Crippen molar-refractivity contribution in [2.75, 3.05) is 0 Å². The summed E-state index contributed by atoms with van der Waals surface area (Å²) in [5.41, 5.74) is 3.37. The van der Waals surface area contributed by atoms with Gasteiger partial charge in [-0.1, -0.05) is 54.6 Å². The number of alkyl halides is 3. The van der Waals surface area contributed by atoms with E-state index in [-0.39, 0.29) is 0 Å². The zero-order valence-electron chi connectivity index (χ0n) is 16.5. The SMILES string of the molecule is Cc1ccc(-c2nc(C=P)nc(-c3ccccc3)n2)cc1-c1ccc(C(F)(F)F)cc1. The molecule has 0 aliphatic heterocycles. The Morgan fingerprint density at radius 2 is 1.35 bits per heavy atom. The molecule has 1 heterocycles. The van der Waals surface area contributed by atoms with E-state index in [4.69, 9.17) is 0 Å². The van der Waals surface area contributed by atoms with E-state index in [0.717, 1.165) is 34.4 Å². The van der Waals surface area contributed by atoms with Crippen molar-refractivity contribution in [3.8, 4) is 33.9 Å². The van der Waals surface area contributed by atoms with Crippen LogP contribution in [0.15, 0.2) is 72.8 Å². The normalized spacial score (nSPS) is 11.4. The molecule has 0 aliphatic carbocycles. The Bertz CT molecular complexity index is 1240. The van der Waals surface area contributed by atoms with Crippen LogP contribution < -0.4 is 0 Å². The van der Waals surface area contributed by atoms with Crippen molar-refractivity contribution in [1.82, 2.24) is 15.0 Å². The first-order valence-corrected chi connectivity index (χ1v) is 10.0. The minimum absolute atomic E-state index is 0.470. The van der Waals surface area contributed by atoms with Gasteiger partial charge in [-0.15, -0.1) is 8.86 Å². The van der Waals surface area contributed by atoms with E-state index < -0.39 is 11.7 Å². The van der Waals surface area contributed by atoms with Gasteiger partial charge >= 0.3 is 6.18 Å². The summed E-state index contributed by atoms with van der Waals surface area (Å²) in [4.78, 5) is 13.5. The average Bonchev–Trinajstić information content (AvgIpc) is 2.79. The van der Waals surface area contributed by atoms with Gasteiger partial charge in [0.1, 0.15) is 0 Å². The summed E-state index contributed by atoms with van der Waals surface area (Å²) in [5, 5.41) is 0. The van der Waals surface area contributed by atoms with Crippen molar-refractivity contribution in [3.05, 3.63) is 89.7 Å². The molecule has 0 saturated carbocycles. The summed E-state index contributed by atoms with van der Waals surface area (Å²) >= 11 is 0. The van der Waals surface area contributed by atoms with Crippen molar-refractivity contribution < 1.29 is 13.2 Å². The van der Waals surface area contributed by atoms with Crippen LogP contribution in [-0.2, 0) is 6.18 Å². The molecule has 0 radical (unpaired) electrons. The number of rotatable bonds is 4. The summed E-state index contributed by atoms with van der Waals surface area (Å²) in [6.07, 6.45) is -4.36. The summed E-state index contributed by atoms with van der Waals surface area (Å²) in [6.45, 7) is 1.91. The summed E-state index contributed by atoms with van der Waals surface area (Å²) in [5.74, 6) is 3.10. The predicted octanol–water partition coefficient (Wildman–Crippen LogP) is 6.49. The fourth-order valence-electron chi connectivity index (χ4n) is 3.21. The highest BCUT2D eigenvalue weighted by Gasteiger charge is 2.30. The van der Waals surface area contributed by atoms with Crippen LogP contribution in [0.2, 0.25) is 0 Å². The standard InChI is InChI=1S/C24H17F3N3P/c1-15-7-8-18(13-20(15)16-9-11-19(12-10-16)24(25,26)27)23-29-21(14-31)28-22(30-23)17-5-3-2-4-6-17/h2-14,31H,1H3. The molecule has 0 bridgehead atoms. The highest BCUT2D eigenvalue weighted by molar-refractivity contribution is 7.19. The van der Waals surface area contributed by atoms with Crippen LogP contribution in [0.25, 0.3) is 33.9 Å². The van der Waals surface area contributed by atoms with Crippen LogP contribution in [0.1, 0.15) is 17.0 Å². The first kappa shape index (κ1) is 20.9. The van der Waals surface area contributed by atoms with E-state index in [2.05, 4.69) is 23.8 Å². The van der Waals surface area contributed by atoms with Crippen molar-refractivity contribution in [3.63, 3.8) is 0 Å². The summed E-state index contributed by atoms with van der Waals surface area (Å²) in [7, 11) is 3.34. The lowest BCUT2D eigenvalue weighted by atomic mass is 9.97. The molecule has 31 heavy (non-hydrogen) atoms. The maximum Gasteiger partial charge on any atom is 0.416 e. The van der Waals surface area contributed by atoms with Gasteiger partial charge in [0.15, 0.2) is 17.5 Å². The molecule has 0 fully saturated rings. The average molecular weight is 435 g/mol. The second kappa shape index (κ2) is 8.40. The van der Waals surface area contributed by atoms with E-state index in [1.807, 2.05) is 55.5 Å². The fraction of sp³-hybridized carbons (Fsp3) is 0.0833. The van der Waals surface area contributed by atoms with Crippen LogP contribution in [0.4, 0.5) is 13.2 Å². The minimum Gasteiger partial charge on any atom is -0.208 e. The Labute approximate surface area is 179 Å². The van der Waals surface area contributed by atoms with Gasteiger partial charge in [-0.3, -0.25) is 0 Å². The van der Waals surface area contributed by atoms with E-state index in [1.165, 1.54) is 12.1 Å². The summed E-state index contributed by atoms with van der Waals surface area (Å²) in [6, 6.07) is 20.4. The maximum absolute atomic E-state index is 12.9. The molecule has 7 heteroatoms. The van der Waals surface area contributed by atoms with Crippen molar-refractivity contribution >= 4 is 14.7 Å². The molecule has 0 unspecified atom stereocenters. The maximum atomic E-state index is 12.9. The second-order valence-corrected chi connectivity index (χ2v) is 7.24. The lowest BCUT2D eigenvalue weighted by molar-refractivity contribution is -0.137. The van der Waals surface area contributed by atoms with Gasteiger partial charge in [0.2, 0.25) is 0 Å². The molecule has 1 aromatic heterocycles. The fourth-order valence-corrected chi connectivity index (χ4v) is 3.34. The van der Waals surface area contributed by atoms with Crippen molar-refractivity contribution in [1.29, 1.82) is 0 Å². The molecule has 0 N–H and O–H groups in total. The minimum atomic E-state index is -4.36. The molecule has 154 valence electrons. The summed E-state index contributed by atoms with van der Waals surface area (Å²) < 4.78 is 38.7. The number of hydrogen-bond donors (Lipinski definition) is 0. The number of aryl methyl sites for hydroxylation is 1. The predicted molar refractivity (Wildman–Crippen MR) is 119 cm³/mol. The number of hydrogen-bond acceptors (Lipinski definition) is 3. The Morgan fingerprint density at radius 1 is 0.742 bits per heavy atom. The molecule has 0 atom stereocenters. The molecule has 0 saturated heterocycles. The highest BCUT2D eigenvalue weighted by atomic mass is 31.0. The van der Waals surface area contributed by atoms with E-state index in [9.17, 15) is 13.2 Å². The van der Waals surface area contributed by atoms with E-state index in [1.54, 1.807) is 5.80 Å². The molecule has 4 rings (SSSR count). The second-order valence-electron chi connectivity index (χ2n) is 6.96. The number of aromatic nitrogens is 3. The van der Waals surface area contributed by atoms with Crippen molar-refractivity contribution in [2.45, 2.75) is 13.1 Å². The van der Waals surface area contributed by atoms with Crippen LogP contribution in [0, 0.1) is 6.92 Å². The molecule has 0 aliphatic rings. The largest absolute Gasteiger partial charge is 0.416 e. The molecular weight excluding hydrogens is 418 g/mol. The van der Waals surface area contributed by atoms with Gasteiger partial charge in [-0.25, -0.2) is 15.0 Å². The molecule has 3 aromatic carbocycles. The zero-order valence-corrected chi connectivity index (χ0v) is 17.5. The van der Waals surface area contributed by atoms with E-state index >= 15 is 0 Å². The van der Waals surface area contributed by atoms with Gasteiger partial charge in [0.25, 0.3) is 0 Å². The molecule has 0 spiro atoms. The van der Waals surface area contributed by atoms with Crippen LogP contribution in [-0.4, -0.2) is 20.7 Å². The Morgan fingerprint density at radius 3 is 1.97 bits per heavy atom. The molecule has 4 aromatic rings. The smallest absolute Gasteiger partial charge is 0.208 e. The Kier molecular flexibility index (Phi) is 5.66. The topological polar surface area (TPSA) is 38.7 Å². The van der Waals surface area contributed by atoms with Gasteiger partial charge in [-0.05, 0) is 41.8 Å². The quantitative estimate of drug-likeness (QED) is 0.344. The van der Waals surface area contributed by atoms with Crippen molar-refractivity contribution in [2.24, 2.45) is 0 Å². The first-order valence-electron chi connectivity index (χ1n) is 9.46. The first-order chi connectivity index (χ1) is 14.8. The lowest BCUT2D eigenvalue weighted by Gasteiger charge is -2.12. The third-order valence-corrected chi connectivity index (χ3v) is 5.09. The van der Waals surface area contributed by atoms with Crippen LogP contribution in [0.5, 0.6) is 0 Å². The zero-order chi connectivity index (χ0) is 22.0. The van der Waals surface area contributed by atoms with E-state index in [0.29, 0.717) is 23.0 Å². The van der Waals surface area contributed by atoms with Crippen LogP contribution >= 0.6 is 8.86 Å². The van der Waals surface area contributed by atoms with Gasteiger partial charge in [0, 0.05) is 16.9 Å².